The van der Waals surface area contributed by atoms with E-state index >= 15 is 0 Å². The number of imide groups is 1. The molecule has 1 saturated heterocycles. The van der Waals surface area contributed by atoms with Crippen molar-refractivity contribution < 1.29 is 14.5 Å². The first kappa shape index (κ1) is 14.6. The van der Waals surface area contributed by atoms with Gasteiger partial charge in [-0.05, 0) is 6.42 Å². The molecule has 112 valence electrons. The van der Waals surface area contributed by atoms with Crippen molar-refractivity contribution in [3.63, 3.8) is 0 Å². The summed E-state index contributed by atoms with van der Waals surface area (Å²) in [7, 11) is 1.57. The second kappa shape index (κ2) is 5.69. The molecule has 1 unspecified atom stereocenters. The molecule has 1 atom stereocenters. The first-order valence-corrected chi connectivity index (χ1v) is 6.27. The first-order chi connectivity index (χ1) is 9.97. The summed E-state index contributed by atoms with van der Waals surface area (Å²) in [4.78, 5) is 43.0. The number of nitrogens with zero attached hydrogens (tertiary/aromatic N) is 4. The zero-order chi connectivity index (χ0) is 15.6. The molecule has 2 heterocycles. The Hall–Kier alpha value is -2.78. The maximum Gasteiger partial charge on any atom is 0.329 e. The molecule has 0 aromatic carbocycles. The topological polar surface area (TPSA) is 130 Å². The van der Waals surface area contributed by atoms with Crippen molar-refractivity contribution in [2.45, 2.75) is 19.4 Å². The van der Waals surface area contributed by atoms with Crippen LogP contribution in [-0.4, -0.2) is 46.3 Å². The van der Waals surface area contributed by atoms with Crippen LogP contribution in [0.2, 0.25) is 0 Å². The predicted octanol–water partition coefficient (Wildman–Crippen LogP) is -0.332. The fourth-order valence-corrected chi connectivity index (χ4v) is 2.12. The van der Waals surface area contributed by atoms with Gasteiger partial charge in [-0.3, -0.25) is 25.0 Å². The van der Waals surface area contributed by atoms with E-state index in [1.54, 1.807) is 14.0 Å². The first-order valence-electron chi connectivity index (χ1n) is 6.27. The third-order valence-electron chi connectivity index (χ3n) is 3.08. The van der Waals surface area contributed by atoms with Crippen LogP contribution in [0.4, 0.5) is 17.5 Å². The van der Waals surface area contributed by atoms with Crippen LogP contribution in [0.25, 0.3) is 0 Å². The molecule has 10 heteroatoms. The van der Waals surface area contributed by atoms with E-state index in [2.05, 4.69) is 20.6 Å². The molecule has 1 aromatic heterocycles. The van der Waals surface area contributed by atoms with Crippen LogP contribution in [0.3, 0.4) is 0 Å². The second-order valence-corrected chi connectivity index (χ2v) is 4.37. The van der Waals surface area contributed by atoms with E-state index in [0.29, 0.717) is 6.42 Å². The van der Waals surface area contributed by atoms with Gasteiger partial charge in [-0.15, -0.1) is 0 Å². The Bertz CT molecular complexity index is 604. The van der Waals surface area contributed by atoms with Crippen LogP contribution >= 0.6 is 0 Å². The van der Waals surface area contributed by atoms with Gasteiger partial charge >= 0.3 is 5.69 Å². The zero-order valence-corrected chi connectivity index (χ0v) is 11.5. The number of hydrogen-bond acceptors (Lipinski definition) is 8. The standard InChI is InChI=1S/C11H14N6O4/c1-3-6-10(19)14-8(18)5-16(6)9-7(17(20)21)4-13-11(12-2)15-9/h4,6H,3,5H2,1-2H3,(H,12,13,15)(H,14,18,19). The molecule has 0 radical (unpaired) electrons. The number of anilines is 2. The molecule has 0 spiro atoms. The Morgan fingerprint density at radius 1 is 1.57 bits per heavy atom. The monoisotopic (exact) mass is 294 g/mol. The smallest absolute Gasteiger partial charge is 0.329 e. The van der Waals surface area contributed by atoms with Crippen molar-refractivity contribution in [3.05, 3.63) is 16.3 Å². The molecule has 1 fully saturated rings. The largest absolute Gasteiger partial charge is 0.357 e. The fourth-order valence-electron chi connectivity index (χ4n) is 2.12. The van der Waals surface area contributed by atoms with Crippen molar-refractivity contribution in [1.29, 1.82) is 0 Å². The number of aromatic nitrogens is 2. The van der Waals surface area contributed by atoms with Crippen LogP contribution in [0.5, 0.6) is 0 Å². The zero-order valence-electron chi connectivity index (χ0n) is 11.5. The summed E-state index contributed by atoms with van der Waals surface area (Å²) >= 11 is 0. The maximum atomic E-state index is 11.9. The average Bonchev–Trinajstić information content (AvgIpc) is 2.45. The Balaban J connectivity index is 2.53. The van der Waals surface area contributed by atoms with Crippen molar-refractivity contribution in [3.8, 4) is 0 Å². The van der Waals surface area contributed by atoms with Crippen LogP contribution in [0, 0.1) is 10.1 Å². The quantitative estimate of drug-likeness (QED) is 0.438. The summed E-state index contributed by atoms with van der Waals surface area (Å²) in [5, 5.41) is 16.0. The highest BCUT2D eigenvalue weighted by Crippen LogP contribution is 2.29. The van der Waals surface area contributed by atoms with Gasteiger partial charge in [-0.2, -0.15) is 4.98 Å². The minimum absolute atomic E-state index is 0.0469. The molecule has 0 aliphatic carbocycles. The third-order valence-corrected chi connectivity index (χ3v) is 3.08. The van der Waals surface area contributed by atoms with Crippen molar-refractivity contribution in [2.75, 3.05) is 23.8 Å². The Morgan fingerprint density at radius 3 is 2.86 bits per heavy atom. The number of amides is 2. The second-order valence-electron chi connectivity index (χ2n) is 4.37. The minimum Gasteiger partial charge on any atom is -0.357 e. The molecule has 10 nitrogen and oxygen atoms in total. The number of nitrogens with one attached hydrogen (secondary N) is 2. The molecular formula is C11H14N6O4. The third kappa shape index (κ3) is 2.73. The highest BCUT2D eigenvalue weighted by molar-refractivity contribution is 6.04. The van der Waals surface area contributed by atoms with Crippen molar-refractivity contribution in [2.24, 2.45) is 0 Å². The lowest BCUT2D eigenvalue weighted by atomic mass is 10.1. The average molecular weight is 294 g/mol. The molecule has 2 amide bonds. The SMILES string of the molecule is CCC1C(=O)NC(=O)CN1c1nc(NC)ncc1[N+](=O)[O-]. The number of carbonyl (C=O) groups excluding carboxylic acids is 2. The van der Waals surface area contributed by atoms with Crippen molar-refractivity contribution >= 4 is 29.3 Å². The van der Waals surface area contributed by atoms with Gasteiger partial charge in [-0.1, -0.05) is 6.92 Å². The minimum atomic E-state index is -0.694. The number of nitro groups is 1. The molecule has 21 heavy (non-hydrogen) atoms. The molecule has 0 saturated carbocycles. The molecule has 2 N–H and O–H groups in total. The lowest BCUT2D eigenvalue weighted by Gasteiger charge is -2.33. The van der Waals surface area contributed by atoms with Crippen molar-refractivity contribution in [1.82, 2.24) is 15.3 Å². The normalized spacial score (nSPS) is 18.4. The van der Waals surface area contributed by atoms with Crippen LogP contribution < -0.4 is 15.5 Å². The van der Waals surface area contributed by atoms with Gasteiger partial charge in [0.2, 0.25) is 23.6 Å². The lowest BCUT2D eigenvalue weighted by Crippen LogP contribution is -2.58. The Morgan fingerprint density at radius 2 is 2.29 bits per heavy atom. The van der Waals surface area contributed by atoms with Gasteiger partial charge in [0.15, 0.2) is 0 Å². The maximum absolute atomic E-state index is 11.9. The number of rotatable bonds is 4. The molecule has 1 aliphatic heterocycles. The lowest BCUT2D eigenvalue weighted by molar-refractivity contribution is -0.384. The molecule has 2 rings (SSSR count). The number of piperazine rings is 1. The van der Waals surface area contributed by atoms with Gasteiger partial charge in [0.25, 0.3) is 0 Å². The van der Waals surface area contributed by atoms with E-state index in [0.717, 1.165) is 6.20 Å². The molecule has 0 bridgehead atoms. The Kier molecular flexibility index (Phi) is 3.96. The fraction of sp³-hybridized carbons (Fsp3) is 0.455. The highest BCUT2D eigenvalue weighted by atomic mass is 16.6. The summed E-state index contributed by atoms with van der Waals surface area (Å²) in [6, 6.07) is -0.694. The van der Waals surface area contributed by atoms with E-state index in [1.165, 1.54) is 4.90 Å². The van der Waals surface area contributed by atoms with Crippen LogP contribution in [0.1, 0.15) is 13.3 Å². The molecular weight excluding hydrogens is 280 g/mol. The van der Waals surface area contributed by atoms with Crippen LogP contribution in [0.15, 0.2) is 6.20 Å². The van der Waals surface area contributed by atoms with Gasteiger partial charge in [-0.25, -0.2) is 4.98 Å². The summed E-state index contributed by atoms with van der Waals surface area (Å²) < 4.78 is 0. The van der Waals surface area contributed by atoms with E-state index in [1.807, 2.05) is 0 Å². The summed E-state index contributed by atoms with van der Waals surface area (Å²) in [5.74, 6) is -0.894. The van der Waals surface area contributed by atoms with Gasteiger partial charge in [0.1, 0.15) is 12.2 Å². The summed E-state index contributed by atoms with van der Waals surface area (Å²) in [6.07, 6.45) is 1.44. The van der Waals surface area contributed by atoms with E-state index < -0.39 is 22.8 Å². The summed E-state index contributed by atoms with van der Waals surface area (Å²) in [5.41, 5.74) is -0.352. The van der Waals surface area contributed by atoms with Gasteiger partial charge < -0.3 is 10.2 Å². The summed E-state index contributed by atoms with van der Waals surface area (Å²) in [6.45, 7) is 1.57. The predicted molar refractivity (Wildman–Crippen MR) is 72.8 cm³/mol. The molecule has 1 aromatic rings. The van der Waals surface area contributed by atoms with Crippen LogP contribution in [-0.2, 0) is 9.59 Å². The highest BCUT2D eigenvalue weighted by Gasteiger charge is 2.37. The van der Waals surface area contributed by atoms with Gasteiger partial charge in [0, 0.05) is 7.05 Å². The molecule has 1 aliphatic rings. The number of hydrogen-bond donors (Lipinski definition) is 2. The van der Waals surface area contributed by atoms with E-state index in [9.17, 15) is 19.7 Å². The number of carbonyl (C=O) groups is 2. The Labute approximate surface area is 119 Å². The van der Waals surface area contributed by atoms with Gasteiger partial charge in [0.05, 0.1) is 11.5 Å². The van der Waals surface area contributed by atoms with E-state index in [-0.39, 0.29) is 24.0 Å². The van der Waals surface area contributed by atoms with E-state index in [4.69, 9.17) is 0 Å².